The van der Waals surface area contributed by atoms with Crippen LogP contribution in [0, 0.1) is 0 Å². The van der Waals surface area contributed by atoms with Crippen LogP contribution in [-0.4, -0.2) is 36.8 Å². The maximum absolute atomic E-state index is 6.05. The van der Waals surface area contributed by atoms with Gasteiger partial charge in [0.15, 0.2) is 11.6 Å². The number of hydrogen-bond donors (Lipinski definition) is 0. The summed E-state index contributed by atoms with van der Waals surface area (Å²) in [5, 5.41) is 9.09. The summed E-state index contributed by atoms with van der Waals surface area (Å²) < 4.78 is 9.84. The largest absolute Gasteiger partial charge is 0.374 e. The molecule has 0 aliphatic carbocycles. The van der Waals surface area contributed by atoms with E-state index in [9.17, 15) is 0 Å². The number of rotatable bonds is 3. The van der Waals surface area contributed by atoms with E-state index in [-0.39, 0.29) is 6.10 Å². The Labute approximate surface area is 140 Å². The first-order valence-electron chi connectivity index (χ1n) is 8.46. The molecule has 2 fully saturated rings. The molecule has 2 saturated heterocycles. The number of ether oxygens (including phenoxy) is 1. The average molecular weight is 321 g/mol. The molecule has 6 nitrogen and oxygen atoms in total. The van der Waals surface area contributed by atoms with E-state index in [1.54, 1.807) is 6.20 Å². The Morgan fingerprint density at radius 3 is 2.67 bits per heavy atom. The Balaban J connectivity index is 1.64. The Bertz CT molecular complexity index is 869. The molecule has 5 rings (SSSR count). The molecule has 2 aliphatic rings. The van der Waals surface area contributed by atoms with Gasteiger partial charge in [-0.1, -0.05) is 30.3 Å². The molecule has 4 heterocycles. The molecule has 2 bridgehead atoms. The van der Waals surface area contributed by atoms with Crippen molar-refractivity contribution in [1.82, 2.24) is 24.5 Å². The van der Waals surface area contributed by atoms with Gasteiger partial charge in [-0.2, -0.15) is 9.78 Å². The molecule has 0 radical (unpaired) electrons. The molecule has 1 aromatic carbocycles. The highest BCUT2D eigenvalue weighted by atomic mass is 16.5. The number of aromatic nitrogens is 5. The Hall–Kier alpha value is -2.47. The SMILES string of the molecule is Cn1nccc1-n1nc(-c2ccccc2)nc1[C@@H]1C[C@@H]2CC[C@H]1O2. The van der Waals surface area contributed by atoms with Crippen LogP contribution in [-0.2, 0) is 11.8 Å². The predicted octanol–water partition coefficient (Wildman–Crippen LogP) is 2.70. The molecule has 122 valence electrons. The van der Waals surface area contributed by atoms with Crippen molar-refractivity contribution in [2.75, 3.05) is 0 Å². The lowest BCUT2D eigenvalue weighted by Gasteiger charge is -2.18. The van der Waals surface area contributed by atoms with Gasteiger partial charge in [-0.25, -0.2) is 4.98 Å². The van der Waals surface area contributed by atoms with Crippen molar-refractivity contribution in [3.8, 4) is 17.2 Å². The highest BCUT2D eigenvalue weighted by molar-refractivity contribution is 5.54. The monoisotopic (exact) mass is 321 g/mol. The Kier molecular flexibility index (Phi) is 3.06. The van der Waals surface area contributed by atoms with Gasteiger partial charge >= 0.3 is 0 Å². The zero-order valence-electron chi connectivity index (χ0n) is 13.5. The van der Waals surface area contributed by atoms with E-state index in [0.29, 0.717) is 12.0 Å². The molecule has 24 heavy (non-hydrogen) atoms. The number of nitrogens with zero attached hydrogens (tertiary/aromatic N) is 5. The fourth-order valence-electron chi connectivity index (χ4n) is 3.93. The quantitative estimate of drug-likeness (QED) is 0.744. The highest BCUT2D eigenvalue weighted by Crippen LogP contribution is 2.44. The Morgan fingerprint density at radius 2 is 2.00 bits per heavy atom. The van der Waals surface area contributed by atoms with Crippen LogP contribution in [0.5, 0.6) is 0 Å². The van der Waals surface area contributed by atoms with Gasteiger partial charge in [0.2, 0.25) is 0 Å². The standard InChI is InChI=1S/C18H19N5O/c1-22-16(9-10-19-22)23-18(14-11-13-7-8-15(14)24-13)20-17(21-23)12-5-3-2-4-6-12/h2-6,9-10,13-15H,7-8,11H2,1H3/t13-,14+,15+/m0/s1. The van der Waals surface area contributed by atoms with Gasteiger partial charge < -0.3 is 4.74 Å². The minimum absolute atomic E-state index is 0.273. The molecule has 0 spiro atoms. The van der Waals surface area contributed by atoms with Gasteiger partial charge in [-0.15, -0.1) is 5.10 Å². The normalized spacial score (nSPS) is 25.5. The lowest BCUT2D eigenvalue weighted by molar-refractivity contribution is 0.0996. The van der Waals surface area contributed by atoms with Crippen molar-refractivity contribution in [2.45, 2.75) is 37.4 Å². The molecule has 2 aromatic heterocycles. The molecule has 0 saturated carbocycles. The van der Waals surface area contributed by atoms with Gasteiger partial charge in [-0.05, 0) is 19.3 Å². The third-order valence-electron chi connectivity index (χ3n) is 5.11. The van der Waals surface area contributed by atoms with Crippen molar-refractivity contribution in [3.63, 3.8) is 0 Å². The van der Waals surface area contributed by atoms with Crippen molar-refractivity contribution < 1.29 is 4.74 Å². The highest BCUT2D eigenvalue weighted by Gasteiger charge is 2.44. The van der Waals surface area contributed by atoms with Crippen molar-refractivity contribution in [1.29, 1.82) is 0 Å². The molecular formula is C18H19N5O. The number of benzene rings is 1. The van der Waals surface area contributed by atoms with Crippen LogP contribution >= 0.6 is 0 Å². The summed E-state index contributed by atoms with van der Waals surface area (Å²) in [5.74, 6) is 2.99. The number of fused-ring (bicyclic) bond motifs is 2. The summed E-state index contributed by atoms with van der Waals surface area (Å²) in [5.41, 5.74) is 1.03. The van der Waals surface area contributed by atoms with E-state index in [1.807, 2.05) is 52.8 Å². The summed E-state index contributed by atoms with van der Waals surface area (Å²) in [6.45, 7) is 0. The third-order valence-corrected chi connectivity index (χ3v) is 5.11. The van der Waals surface area contributed by atoms with Crippen molar-refractivity contribution in [2.24, 2.45) is 7.05 Å². The van der Waals surface area contributed by atoms with Gasteiger partial charge in [0, 0.05) is 24.6 Å². The van der Waals surface area contributed by atoms with Crippen LogP contribution in [0.4, 0.5) is 0 Å². The van der Waals surface area contributed by atoms with Crippen molar-refractivity contribution in [3.05, 3.63) is 48.4 Å². The van der Waals surface area contributed by atoms with Crippen LogP contribution < -0.4 is 0 Å². The first kappa shape index (κ1) is 13.9. The lowest BCUT2D eigenvalue weighted by atomic mass is 9.88. The first-order chi connectivity index (χ1) is 11.8. The first-order valence-corrected chi connectivity index (χ1v) is 8.46. The molecular weight excluding hydrogens is 302 g/mol. The maximum atomic E-state index is 6.05. The predicted molar refractivity (Wildman–Crippen MR) is 88.8 cm³/mol. The molecule has 3 aromatic rings. The number of hydrogen-bond acceptors (Lipinski definition) is 4. The van der Waals surface area contributed by atoms with E-state index < -0.39 is 0 Å². The second-order valence-corrected chi connectivity index (χ2v) is 6.60. The lowest BCUT2D eigenvalue weighted by Crippen LogP contribution is -2.20. The van der Waals surface area contributed by atoms with E-state index in [2.05, 4.69) is 5.10 Å². The zero-order valence-corrected chi connectivity index (χ0v) is 13.5. The molecule has 3 atom stereocenters. The zero-order chi connectivity index (χ0) is 16.1. The second-order valence-electron chi connectivity index (χ2n) is 6.60. The molecule has 2 aliphatic heterocycles. The summed E-state index contributed by atoms with van der Waals surface area (Å²) in [6, 6.07) is 12.1. The van der Waals surface area contributed by atoms with Gasteiger partial charge in [0.1, 0.15) is 5.82 Å². The maximum Gasteiger partial charge on any atom is 0.181 e. The molecule has 0 unspecified atom stereocenters. The number of aryl methyl sites for hydroxylation is 1. The third kappa shape index (κ3) is 2.10. The summed E-state index contributed by atoms with van der Waals surface area (Å²) in [7, 11) is 1.93. The molecule has 0 amide bonds. The fraction of sp³-hybridized carbons (Fsp3) is 0.389. The average Bonchev–Trinajstić information content (AvgIpc) is 3.38. The smallest absolute Gasteiger partial charge is 0.181 e. The second kappa shape index (κ2) is 5.27. The summed E-state index contributed by atoms with van der Waals surface area (Å²) in [4.78, 5) is 4.91. The van der Waals surface area contributed by atoms with Crippen LogP contribution in [0.1, 0.15) is 31.0 Å². The van der Waals surface area contributed by atoms with E-state index in [1.165, 1.54) is 6.42 Å². The minimum atomic E-state index is 0.273. The van der Waals surface area contributed by atoms with E-state index >= 15 is 0 Å². The summed E-state index contributed by atoms with van der Waals surface area (Å²) >= 11 is 0. The van der Waals surface area contributed by atoms with Gasteiger partial charge in [0.25, 0.3) is 0 Å². The summed E-state index contributed by atoms with van der Waals surface area (Å²) in [6.07, 6.45) is 5.78. The molecule has 6 heteroatoms. The minimum Gasteiger partial charge on any atom is -0.374 e. The fourth-order valence-corrected chi connectivity index (χ4v) is 3.93. The van der Waals surface area contributed by atoms with Crippen LogP contribution in [0.15, 0.2) is 42.6 Å². The Morgan fingerprint density at radius 1 is 1.12 bits per heavy atom. The van der Waals surface area contributed by atoms with Crippen LogP contribution in [0.3, 0.4) is 0 Å². The van der Waals surface area contributed by atoms with Crippen LogP contribution in [0.2, 0.25) is 0 Å². The van der Waals surface area contributed by atoms with Gasteiger partial charge in [-0.3, -0.25) is 4.68 Å². The van der Waals surface area contributed by atoms with Crippen molar-refractivity contribution >= 4 is 0 Å². The molecule has 0 N–H and O–H groups in total. The van der Waals surface area contributed by atoms with E-state index in [4.69, 9.17) is 14.8 Å². The van der Waals surface area contributed by atoms with E-state index in [0.717, 1.165) is 35.9 Å². The van der Waals surface area contributed by atoms with Gasteiger partial charge in [0.05, 0.1) is 18.4 Å². The topological polar surface area (TPSA) is 57.8 Å². The van der Waals surface area contributed by atoms with Crippen LogP contribution in [0.25, 0.3) is 17.2 Å².